The maximum Gasteiger partial charge on any atom is 0.331 e. The lowest BCUT2D eigenvalue weighted by Crippen LogP contribution is -2.53. The van der Waals surface area contributed by atoms with Gasteiger partial charge in [-0.3, -0.25) is 24.7 Å². The molecular formula is C17H19N3O3. The number of nitrogens with one attached hydrogen (secondary N) is 1. The van der Waals surface area contributed by atoms with Gasteiger partial charge in [0.15, 0.2) is 0 Å². The van der Waals surface area contributed by atoms with Crippen molar-refractivity contribution in [3.63, 3.8) is 0 Å². The van der Waals surface area contributed by atoms with E-state index in [0.717, 1.165) is 30.1 Å². The molecule has 0 unspecified atom stereocenters. The number of rotatable bonds is 2. The summed E-state index contributed by atoms with van der Waals surface area (Å²) in [4.78, 5) is 38.9. The van der Waals surface area contributed by atoms with E-state index in [1.165, 1.54) is 12.6 Å². The molecule has 1 N–H and O–H groups in total. The summed E-state index contributed by atoms with van der Waals surface area (Å²) in [6.45, 7) is 2.46. The van der Waals surface area contributed by atoms with Gasteiger partial charge in [-0.25, -0.2) is 4.79 Å². The summed E-state index contributed by atoms with van der Waals surface area (Å²) in [6, 6.07) is 9.55. The number of carbonyl (C=O) groups excluding carboxylic acids is 3. The second-order valence-electron chi connectivity index (χ2n) is 5.86. The van der Waals surface area contributed by atoms with E-state index in [9.17, 15) is 14.4 Å². The first-order chi connectivity index (χ1) is 11.1. The van der Waals surface area contributed by atoms with Crippen molar-refractivity contribution >= 4 is 17.8 Å². The fraction of sp³-hybridized carbons (Fsp3) is 0.353. The standard InChI is InChI=1S/C17H19N3O3/c1-19-16(22)14(15(21)18-17(19)23)13-7-9-20(10-8-13)11-12-5-3-2-4-6-12/h2-6H,7-11H2,1H3,(H,18,21,23). The molecule has 120 valence electrons. The van der Waals surface area contributed by atoms with Crippen LogP contribution in [-0.2, 0) is 16.1 Å². The number of amides is 4. The molecule has 6 nitrogen and oxygen atoms in total. The number of barbiturate groups is 1. The summed E-state index contributed by atoms with van der Waals surface area (Å²) >= 11 is 0. The molecule has 2 fully saturated rings. The highest BCUT2D eigenvalue weighted by atomic mass is 16.2. The molecule has 23 heavy (non-hydrogen) atoms. The topological polar surface area (TPSA) is 69.7 Å². The van der Waals surface area contributed by atoms with Crippen molar-refractivity contribution in [3.05, 3.63) is 47.0 Å². The Balaban J connectivity index is 1.69. The first-order valence-electron chi connectivity index (χ1n) is 7.68. The van der Waals surface area contributed by atoms with Gasteiger partial charge in [-0.05, 0) is 24.0 Å². The van der Waals surface area contributed by atoms with Crippen LogP contribution < -0.4 is 5.32 Å². The predicted molar refractivity (Wildman–Crippen MR) is 84.3 cm³/mol. The molecule has 0 spiro atoms. The van der Waals surface area contributed by atoms with Gasteiger partial charge in [0.2, 0.25) is 0 Å². The number of hydrogen-bond acceptors (Lipinski definition) is 4. The van der Waals surface area contributed by atoms with Gasteiger partial charge in [0, 0.05) is 26.7 Å². The number of piperidine rings is 1. The average Bonchev–Trinajstić information content (AvgIpc) is 2.55. The summed E-state index contributed by atoms with van der Waals surface area (Å²) in [6.07, 6.45) is 1.34. The quantitative estimate of drug-likeness (QED) is 0.660. The minimum Gasteiger partial charge on any atom is -0.298 e. The van der Waals surface area contributed by atoms with E-state index in [4.69, 9.17) is 0 Å². The van der Waals surface area contributed by atoms with Gasteiger partial charge in [-0.15, -0.1) is 0 Å². The van der Waals surface area contributed by atoms with Crippen LogP contribution in [0.4, 0.5) is 4.79 Å². The normalized spacial score (nSPS) is 20.0. The highest BCUT2D eigenvalue weighted by molar-refractivity contribution is 6.29. The number of imide groups is 2. The summed E-state index contributed by atoms with van der Waals surface area (Å²) in [7, 11) is 1.38. The molecule has 1 aromatic carbocycles. The Hall–Kier alpha value is -2.47. The van der Waals surface area contributed by atoms with Gasteiger partial charge in [0.25, 0.3) is 11.8 Å². The van der Waals surface area contributed by atoms with Gasteiger partial charge in [0.1, 0.15) is 5.57 Å². The number of likely N-dealkylation sites (tertiary alicyclic amines) is 1. The van der Waals surface area contributed by atoms with Gasteiger partial charge in [-0.2, -0.15) is 0 Å². The van der Waals surface area contributed by atoms with Crippen LogP contribution in [0.15, 0.2) is 41.5 Å². The number of nitrogens with zero attached hydrogens (tertiary/aromatic N) is 2. The molecule has 1 aromatic rings. The van der Waals surface area contributed by atoms with E-state index >= 15 is 0 Å². The van der Waals surface area contributed by atoms with E-state index in [1.54, 1.807) is 0 Å². The van der Waals surface area contributed by atoms with Crippen LogP contribution in [-0.4, -0.2) is 47.8 Å². The molecule has 2 aliphatic rings. The number of urea groups is 1. The van der Waals surface area contributed by atoms with Crippen molar-refractivity contribution in [3.8, 4) is 0 Å². The Bertz CT molecular complexity index is 672. The van der Waals surface area contributed by atoms with Crippen molar-refractivity contribution in [2.45, 2.75) is 19.4 Å². The molecule has 0 aromatic heterocycles. The Morgan fingerprint density at radius 3 is 2.35 bits per heavy atom. The number of carbonyl (C=O) groups is 3. The van der Waals surface area contributed by atoms with Crippen LogP contribution in [0.1, 0.15) is 18.4 Å². The summed E-state index contributed by atoms with van der Waals surface area (Å²) < 4.78 is 0. The molecular weight excluding hydrogens is 294 g/mol. The van der Waals surface area contributed by atoms with Crippen LogP contribution in [0.25, 0.3) is 0 Å². The van der Waals surface area contributed by atoms with Crippen molar-refractivity contribution in [2.24, 2.45) is 0 Å². The third kappa shape index (κ3) is 3.17. The fourth-order valence-corrected chi connectivity index (χ4v) is 2.98. The third-order valence-electron chi connectivity index (χ3n) is 4.33. The molecule has 6 heteroatoms. The fourth-order valence-electron chi connectivity index (χ4n) is 2.98. The number of likely N-dealkylation sites (N-methyl/N-ethyl adjacent to an activating group) is 1. The maximum atomic E-state index is 12.2. The van der Waals surface area contributed by atoms with Gasteiger partial charge in [-0.1, -0.05) is 30.3 Å². The first-order valence-corrected chi connectivity index (χ1v) is 7.68. The molecule has 2 saturated heterocycles. The van der Waals surface area contributed by atoms with Gasteiger partial charge >= 0.3 is 6.03 Å². The highest BCUT2D eigenvalue weighted by Crippen LogP contribution is 2.24. The summed E-state index contributed by atoms with van der Waals surface area (Å²) in [5.41, 5.74) is 2.24. The monoisotopic (exact) mass is 313 g/mol. The minimum absolute atomic E-state index is 0.145. The molecule has 2 heterocycles. The second kappa shape index (κ2) is 6.34. The molecule has 0 saturated carbocycles. The average molecular weight is 313 g/mol. The first kappa shape index (κ1) is 15.4. The van der Waals surface area contributed by atoms with Crippen LogP contribution in [0, 0.1) is 0 Å². The smallest absolute Gasteiger partial charge is 0.298 e. The molecule has 0 bridgehead atoms. The van der Waals surface area contributed by atoms with E-state index in [2.05, 4.69) is 22.3 Å². The van der Waals surface area contributed by atoms with E-state index < -0.39 is 17.8 Å². The van der Waals surface area contributed by atoms with Crippen LogP contribution in [0.5, 0.6) is 0 Å². The zero-order valence-electron chi connectivity index (χ0n) is 13.0. The minimum atomic E-state index is -0.661. The molecule has 3 rings (SSSR count). The number of benzene rings is 1. The Kier molecular flexibility index (Phi) is 4.25. The lowest BCUT2D eigenvalue weighted by Gasteiger charge is -2.31. The third-order valence-corrected chi connectivity index (χ3v) is 4.33. The van der Waals surface area contributed by atoms with Crippen LogP contribution in [0.3, 0.4) is 0 Å². The van der Waals surface area contributed by atoms with Crippen molar-refractivity contribution in [2.75, 3.05) is 20.1 Å². The van der Waals surface area contributed by atoms with Crippen molar-refractivity contribution < 1.29 is 14.4 Å². The zero-order chi connectivity index (χ0) is 16.4. The zero-order valence-corrected chi connectivity index (χ0v) is 13.0. The predicted octanol–water partition coefficient (Wildman–Crippen LogP) is 1.29. The summed E-state index contributed by atoms with van der Waals surface area (Å²) in [5.74, 6) is -1.06. The Morgan fingerprint density at radius 1 is 1.04 bits per heavy atom. The highest BCUT2D eigenvalue weighted by Gasteiger charge is 2.36. The van der Waals surface area contributed by atoms with Gasteiger partial charge in [0.05, 0.1) is 0 Å². The molecule has 2 aliphatic heterocycles. The van der Waals surface area contributed by atoms with Crippen LogP contribution in [0.2, 0.25) is 0 Å². The lowest BCUT2D eigenvalue weighted by atomic mass is 9.95. The molecule has 0 aliphatic carbocycles. The molecule has 0 radical (unpaired) electrons. The number of hydrogen-bond donors (Lipinski definition) is 1. The second-order valence-corrected chi connectivity index (χ2v) is 5.86. The van der Waals surface area contributed by atoms with Crippen molar-refractivity contribution in [1.29, 1.82) is 0 Å². The maximum absolute atomic E-state index is 12.2. The van der Waals surface area contributed by atoms with Crippen LogP contribution >= 0.6 is 0 Å². The van der Waals surface area contributed by atoms with Crippen molar-refractivity contribution in [1.82, 2.24) is 15.1 Å². The Labute approximate surface area is 134 Å². The van der Waals surface area contributed by atoms with E-state index in [1.807, 2.05) is 18.2 Å². The SMILES string of the molecule is CN1C(=O)NC(=O)C(=C2CCN(Cc3ccccc3)CC2)C1=O. The van der Waals surface area contributed by atoms with Gasteiger partial charge < -0.3 is 0 Å². The molecule has 4 amide bonds. The molecule has 0 atom stereocenters. The summed E-state index contributed by atoms with van der Waals surface area (Å²) in [5, 5.41) is 2.21. The lowest BCUT2D eigenvalue weighted by molar-refractivity contribution is -0.129. The largest absolute Gasteiger partial charge is 0.331 e. The van der Waals surface area contributed by atoms with E-state index in [0.29, 0.717) is 12.8 Å². The van der Waals surface area contributed by atoms with E-state index in [-0.39, 0.29) is 5.57 Å². The Morgan fingerprint density at radius 2 is 1.70 bits per heavy atom.